The molecular weight excluding hydrogens is 128 g/mol. The van der Waals surface area contributed by atoms with Gasteiger partial charge in [0.15, 0.2) is 0 Å². The molecule has 0 fully saturated rings. The summed E-state index contributed by atoms with van der Waals surface area (Å²) in [6.45, 7) is 0. The molecular formula is C3H4N2O2S. The van der Waals surface area contributed by atoms with Gasteiger partial charge in [-0.2, -0.15) is 9.19 Å². The summed E-state index contributed by atoms with van der Waals surface area (Å²) in [5, 5.41) is 3.48. The number of hydrogen-bond donors (Lipinski definition) is 1. The van der Waals surface area contributed by atoms with Gasteiger partial charge in [0.1, 0.15) is 0 Å². The Labute approximate surface area is 48.6 Å². The average molecular weight is 132 g/mol. The van der Waals surface area contributed by atoms with Crippen LogP contribution >= 0.6 is 0 Å². The first kappa shape index (κ1) is 5.46. The van der Waals surface area contributed by atoms with Crippen LogP contribution in [-0.4, -0.2) is 17.9 Å². The van der Waals surface area contributed by atoms with Gasteiger partial charge in [-0.15, -0.1) is 0 Å². The van der Waals surface area contributed by atoms with Crippen LogP contribution in [0.1, 0.15) is 0 Å². The van der Waals surface area contributed by atoms with E-state index < -0.39 is 11.3 Å². The van der Waals surface area contributed by atoms with Crippen LogP contribution in [0.2, 0.25) is 0 Å². The van der Waals surface area contributed by atoms with Crippen molar-refractivity contribution >= 4 is 11.3 Å². The van der Waals surface area contributed by atoms with Gasteiger partial charge in [0.2, 0.25) is 0 Å². The quantitative estimate of drug-likeness (QED) is 0.541. The minimum Gasteiger partial charge on any atom is -0.288 e. The van der Waals surface area contributed by atoms with Crippen molar-refractivity contribution in [1.82, 2.24) is 9.19 Å². The zero-order chi connectivity index (χ0) is 5.98. The number of nitrogens with zero attached hydrogens (tertiary/aromatic N) is 2. The molecule has 0 saturated carbocycles. The minimum absolute atomic E-state index is 0.944. The first-order valence-electron chi connectivity index (χ1n) is 1.91. The van der Waals surface area contributed by atoms with E-state index in [0.717, 1.165) is 4.09 Å². The lowest BCUT2D eigenvalue weighted by atomic mass is 10.8. The molecule has 8 heavy (non-hydrogen) atoms. The lowest BCUT2D eigenvalue weighted by Gasteiger charge is -1.86. The topological polar surface area (TPSA) is 55.1 Å². The van der Waals surface area contributed by atoms with Crippen LogP contribution in [0.4, 0.5) is 0 Å². The molecule has 0 saturated heterocycles. The van der Waals surface area contributed by atoms with Gasteiger partial charge in [0.25, 0.3) is 11.3 Å². The van der Waals surface area contributed by atoms with Gasteiger partial charge in [0, 0.05) is 6.20 Å². The van der Waals surface area contributed by atoms with Crippen molar-refractivity contribution in [2.24, 2.45) is 0 Å². The Balaban J connectivity index is 2.93. The fraction of sp³-hybridized carbons (Fsp3) is 0. The second-order valence-corrected chi connectivity index (χ2v) is 1.97. The van der Waals surface area contributed by atoms with Crippen LogP contribution in [0.15, 0.2) is 18.5 Å². The summed E-state index contributed by atoms with van der Waals surface area (Å²) in [4.78, 5) is 0. The second kappa shape index (κ2) is 2.06. The van der Waals surface area contributed by atoms with Crippen LogP contribution in [0, 0.1) is 0 Å². The molecule has 1 rings (SSSR count). The molecule has 0 aliphatic rings. The Bertz CT molecular complexity index is 183. The second-order valence-electron chi connectivity index (χ2n) is 1.14. The monoisotopic (exact) mass is 132 g/mol. The summed E-state index contributed by atoms with van der Waals surface area (Å²) in [6.07, 6.45) is 2.85. The number of hydrogen-bond acceptors (Lipinski definition) is 2. The molecule has 1 atom stereocenters. The Hall–Kier alpha value is -0.680. The van der Waals surface area contributed by atoms with Crippen molar-refractivity contribution in [3.05, 3.63) is 18.5 Å². The van der Waals surface area contributed by atoms with E-state index in [1.165, 1.54) is 12.4 Å². The molecule has 1 aromatic rings. The van der Waals surface area contributed by atoms with Gasteiger partial charge in [-0.25, -0.2) is 4.21 Å². The van der Waals surface area contributed by atoms with E-state index >= 15 is 0 Å². The largest absolute Gasteiger partial charge is 0.288 e. The van der Waals surface area contributed by atoms with Gasteiger partial charge in [0.05, 0.1) is 6.20 Å². The van der Waals surface area contributed by atoms with Crippen molar-refractivity contribution in [2.45, 2.75) is 0 Å². The Morgan fingerprint density at radius 3 is 2.75 bits per heavy atom. The molecule has 0 aliphatic carbocycles. The molecule has 4 nitrogen and oxygen atoms in total. The molecule has 0 aliphatic heterocycles. The van der Waals surface area contributed by atoms with Crippen molar-refractivity contribution in [1.29, 1.82) is 0 Å². The van der Waals surface area contributed by atoms with E-state index in [-0.39, 0.29) is 0 Å². The highest BCUT2D eigenvalue weighted by atomic mass is 32.2. The molecule has 0 amide bonds. The summed E-state index contributed by atoms with van der Waals surface area (Å²) >= 11 is -1.99. The maximum atomic E-state index is 10.1. The molecule has 5 heteroatoms. The molecule has 1 heterocycles. The van der Waals surface area contributed by atoms with Crippen LogP contribution in [0.5, 0.6) is 0 Å². The predicted octanol–water partition coefficient (Wildman–Crippen LogP) is -0.132. The van der Waals surface area contributed by atoms with Crippen molar-refractivity contribution in [2.75, 3.05) is 0 Å². The molecule has 0 radical (unpaired) electrons. The number of aromatic nitrogens is 2. The lowest BCUT2D eigenvalue weighted by molar-refractivity contribution is 0.547. The van der Waals surface area contributed by atoms with E-state index in [0.29, 0.717) is 0 Å². The Morgan fingerprint density at radius 1 is 1.75 bits per heavy atom. The predicted molar refractivity (Wildman–Crippen MR) is 28.4 cm³/mol. The Morgan fingerprint density at radius 2 is 2.50 bits per heavy atom. The SMILES string of the molecule is O=S(O)n1cccn1. The third-order valence-electron chi connectivity index (χ3n) is 0.640. The first-order chi connectivity index (χ1) is 3.80. The molecule has 0 aromatic carbocycles. The maximum Gasteiger partial charge on any atom is 0.282 e. The van der Waals surface area contributed by atoms with Crippen LogP contribution in [0.3, 0.4) is 0 Å². The smallest absolute Gasteiger partial charge is 0.282 e. The highest BCUT2D eigenvalue weighted by Gasteiger charge is 1.91. The van der Waals surface area contributed by atoms with Crippen molar-refractivity contribution in [3.63, 3.8) is 0 Å². The van der Waals surface area contributed by atoms with E-state index in [1.807, 2.05) is 0 Å². The van der Waals surface area contributed by atoms with Crippen LogP contribution in [0.25, 0.3) is 0 Å². The fourth-order valence-electron chi connectivity index (χ4n) is 0.347. The summed E-state index contributed by atoms with van der Waals surface area (Å²) in [5.74, 6) is 0. The summed E-state index contributed by atoms with van der Waals surface area (Å²) in [7, 11) is 0. The first-order valence-corrected chi connectivity index (χ1v) is 2.98. The van der Waals surface area contributed by atoms with E-state index in [9.17, 15) is 4.21 Å². The zero-order valence-electron chi connectivity index (χ0n) is 3.89. The summed E-state index contributed by atoms with van der Waals surface area (Å²) < 4.78 is 19.3. The molecule has 1 aromatic heterocycles. The van der Waals surface area contributed by atoms with Crippen LogP contribution < -0.4 is 0 Å². The normalized spacial score (nSPS) is 13.6. The number of rotatable bonds is 1. The van der Waals surface area contributed by atoms with Gasteiger partial charge in [-0.1, -0.05) is 0 Å². The molecule has 1 N–H and O–H groups in total. The fourth-order valence-corrected chi connectivity index (χ4v) is 0.657. The molecule has 44 valence electrons. The van der Waals surface area contributed by atoms with E-state index in [4.69, 9.17) is 4.55 Å². The summed E-state index contributed by atoms with van der Waals surface area (Å²) in [5.41, 5.74) is 0. The third kappa shape index (κ3) is 0.932. The molecule has 0 spiro atoms. The van der Waals surface area contributed by atoms with Gasteiger partial charge in [-0.05, 0) is 6.07 Å². The van der Waals surface area contributed by atoms with Crippen molar-refractivity contribution in [3.8, 4) is 0 Å². The minimum atomic E-state index is -1.99. The van der Waals surface area contributed by atoms with E-state index in [1.54, 1.807) is 6.07 Å². The highest BCUT2D eigenvalue weighted by Crippen LogP contribution is 1.82. The standard InChI is InChI=1S/C3H4N2O2S/c6-8(7)5-3-1-2-4-5/h1-3H,(H,6,7). The zero-order valence-corrected chi connectivity index (χ0v) is 4.71. The van der Waals surface area contributed by atoms with Crippen molar-refractivity contribution < 1.29 is 8.76 Å². The molecule has 0 bridgehead atoms. The van der Waals surface area contributed by atoms with Gasteiger partial charge >= 0.3 is 0 Å². The molecule has 1 unspecified atom stereocenters. The van der Waals surface area contributed by atoms with Gasteiger partial charge < -0.3 is 0 Å². The summed E-state index contributed by atoms with van der Waals surface area (Å²) in [6, 6.07) is 1.58. The highest BCUT2D eigenvalue weighted by molar-refractivity contribution is 7.77. The third-order valence-corrected chi connectivity index (χ3v) is 1.18. The van der Waals surface area contributed by atoms with Crippen LogP contribution in [-0.2, 0) is 11.3 Å². The lowest BCUT2D eigenvalue weighted by Crippen LogP contribution is -2.01. The average Bonchev–Trinajstić information content (AvgIpc) is 2.12. The Kier molecular flexibility index (Phi) is 1.40. The van der Waals surface area contributed by atoms with Gasteiger partial charge in [-0.3, -0.25) is 4.55 Å². The maximum absolute atomic E-state index is 10.1. The van der Waals surface area contributed by atoms with E-state index in [2.05, 4.69) is 5.10 Å².